The zero-order valence-corrected chi connectivity index (χ0v) is 18.9. The fourth-order valence-electron chi connectivity index (χ4n) is 4.74. The molecule has 1 aromatic carbocycles. The normalized spacial score (nSPS) is 15.0. The van der Waals surface area contributed by atoms with E-state index in [0.717, 1.165) is 64.5 Å². The Morgan fingerprint density at radius 1 is 1.00 bits per heavy atom. The molecule has 0 N–H and O–H groups in total. The quantitative estimate of drug-likeness (QED) is 0.411. The van der Waals surface area contributed by atoms with E-state index >= 15 is 0 Å². The van der Waals surface area contributed by atoms with Gasteiger partial charge < -0.3 is 9.47 Å². The van der Waals surface area contributed by atoms with Crippen LogP contribution in [0.4, 0.5) is 0 Å². The maximum Gasteiger partial charge on any atom is 0.266 e. The van der Waals surface area contributed by atoms with Crippen LogP contribution in [0, 0.1) is 19.8 Å². The van der Waals surface area contributed by atoms with Crippen molar-refractivity contribution in [1.82, 2.24) is 14.5 Å². The third kappa shape index (κ3) is 3.79. The van der Waals surface area contributed by atoms with Gasteiger partial charge in [0.2, 0.25) is 0 Å². The molecule has 4 aromatic rings. The number of piperidine rings is 1. The van der Waals surface area contributed by atoms with E-state index in [4.69, 9.17) is 0 Å². The van der Waals surface area contributed by atoms with Crippen LogP contribution in [0.25, 0.3) is 15.9 Å². The molecule has 0 spiro atoms. The van der Waals surface area contributed by atoms with Gasteiger partial charge in [-0.15, -0.1) is 11.3 Å². The van der Waals surface area contributed by atoms with Gasteiger partial charge in [0.05, 0.1) is 5.69 Å². The van der Waals surface area contributed by atoms with Crippen molar-refractivity contribution in [3.05, 3.63) is 82.6 Å². The van der Waals surface area contributed by atoms with Crippen LogP contribution in [0.3, 0.4) is 0 Å². The maximum absolute atomic E-state index is 13.7. The minimum atomic E-state index is 0.142. The zero-order chi connectivity index (χ0) is 21.4. The van der Waals surface area contributed by atoms with E-state index in [1.165, 1.54) is 16.9 Å². The lowest BCUT2D eigenvalue weighted by molar-refractivity contribution is 0.0695. The van der Waals surface area contributed by atoms with Gasteiger partial charge in [0, 0.05) is 36.1 Å². The van der Waals surface area contributed by atoms with Crippen LogP contribution in [0.2, 0.25) is 0 Å². The number of benzene rings is 1. The van der Waals surface area contributed by atoms with Gasteiger partial charge in [0.15, 0.2) is 0 Å². The standard InChI is InChI=1S/C26H27N3OS/c1-18-10-11-19(2)29(18)23-22-9-6-14-27-25(22)31-24(23)26(30)28-15-12-21(13-16-28)17-20-7-4-3-5-8-20/h3-11,14,21H,12-13,15-17H2,1-2H3. The molecule has 1 aliphatic heterocycles. The minimum absolute atomic E-state index is 0.142. The van der Waals surface area contributed by atoms with Crippen LogP contribution in [0.15, 0.2) is 60.8 Å². The smallest absolute Gasteiger partial charge is 0.266 e. The second-order valence-corrected chi connectivity index (χ2v) is 9.51. The molecule has 1 amide bonds. The molecule has 1 saturated heterocycles. The summed E-state index contributed by atoms with van der Waals surface area (Å²) in [7, 11) is 0. The predicted octanol–water partition coefficient (Wildman–Crippen LogP) is 5.80. The molecule has 5 rings (SSSR count). The van der Waals surface area contributed by atoms with Crippen LogP contribution in [-0.4, -0.2) is 33.4 Å². The highest BCUT2D eigenvalue weighted by atomic mass is 32.1. The van der Waals surface area contributed by atoms with E-state index in [0.29, 0.717) is 5.92 Å². The number of hydrogen-bond acceptors (Lipinski definition) is 3. The molecule has 4 heterocycles. The number of carbonyl (C=O) groups excluding carboxylic acids is 1. The van der Waals surface area contributed by atoms with E-state index < -0.39 is 0 Å². The number of amides is 1. The first-order valence-corrected chi connectivity index (χ1v) is 11.8. The van der Waals surface area contributed by atoms with Crippen LogP contribution in [0.5, 0.6) is 0 Å². The van der Waals surface area contributed by atoms with Gasteiger partial charge in [-0.1, -0.05) is 30.3 Å². The summed E-state index contributed by atoms with van der Waals surface area (Å²) in [6.07, 6.45) is 5.02. The molecule has 31 heavy (non-hydrogen) atoms. The fraction of sp³-hybridized carbons (Fsp3) is 0.308. The number of likely N-dealkylation sites (tertiary alicyclic amines) is 1. The topological polar surface area (TPSA) is 38.1 Å². The second-order valence-electron chi connectivity index (χ2n) is 8.51. The number of nitrogens with zero attached hydrogens (tertiary/aromatic N) is 3. The van der Waals surface area contributed by atoms with Crippen LogP contribution in [0.1, 0.15) is 39.5 Å². The molecular weight excluding hydrogens is 402 g/mol. The highest BCUT2D eigenvalue weighted by Crippen LogP contribution is 2.36. The summed E-state index contributed by atoms with van der Waals surface area (Å²) in [4.78, 5) is 22.0. The van der Waals surface area contributed by atoms with Crippen LogP contribution >= 0.6 is 11.3 Å². The Balaban J connectivity index is 1.41. The Hall–Kier alpha value is -2.92. The second kappa shape index (κ2) is 8.31. The molecule has 1 fully saturated rings. The highest BCUT2D eigenvalue weighted by molar-refractivity contribution is 7.21. The molecule has 0 bridgehead atoms. The van der Waals surface area contributed by atoms with Gasteiger partial charge in [-0.25, -0.2) is 4.98 Å². The fourth-order valence-corrected chi connectivity index (χ4v) is 5.83. The Bertz CT molecular complexity index is 1200. The van der Waals surface area contributed by atoms with Crippen molar-refractivity contribution < 1.29 is 4.79 Å². The van der Waals surface area contributed by atoms with E-state index in [1.54, 1.807) is 6.20 Å². The average Bonchev–Trinajstić information content (AvgIpc) is 3.33. The predicted molar refractivity (Wildman–Crippen MR) is 127 cm³/mol. The number of hydrogen-bond donors (Lipinski definition) is 0. The van der Waals surface area contributed by atoms with Crippen molar-refractivity contribution in [3.63, 3.8) is 0 Å². The van der Waals surface area contributed by atoms with E-state index in [-0.39, 0.29) is 5.91 Å². The number of aromatic nitrogens is 2. The molecule has 0 unspecified atom stereocenters. The summed E-state index contributed by atoms with van der Waals surface area (Å²) in [5.74, 6) is 0.785. The number of fused-ring (bicyclic) bond motifs is 1. The molecule has 0 aliphatic carbocycles. The van der Waals surface area contributed by atoms with Crippen molar-refractivity contribution in [2.24, 2.45) is 5.92 Å². The molecule has 158 valence electrons. The molecule has 3 aromatic heterocycles. The van der Waals surface area contributed by atoms with Gasteiger partial charge in [-0.05, 0) is 68.9 Å². The van der Waals surface area contributed by atoms with Gasteiger partial charge in [0.25, 0.3) is 5.91 Å². The summed E-state index contributed by atoms with van der Waals surface area (Å²) in [6.45, 7) is 5.83. The first-order valence-electron chi connectivity index (χ1n) is 11.0. The molecule has 0 saturated carbocycles. The molecule has 0 atom stereocenters. The van der Waals surface area contributed by atoms with Crippen molar-refractivity contribution in [3.8, 4) is 5.69 Å². The van der Waals surface area contributed by atoms with Crippen LogP contribution < -0.4 is 0 Å². The van der Waals surface area contributed by atoms with Crippen molar-refractivity contribution in [1.29, 1.82) is 0 Å². The number of rotatable bonds is 4. The molecular formula is C26H27N3OS. The van der Waals surface area contributed by atoms with Gasteiger partial charge >= 0.3 is 0 Å². The number of carbonyl (C=O) groups is 1. The lowest BCUT2D eigenvalue weighted by atomic mass is 9.90. The highest BCUT2D eigenvalue weighted by Gasteiger charge is 2.29. The van der Waals surface area contributed by atoms with Gasteiger partial charge in [-0.2, -0.15) is 0 Å². The van der Waals surface area contributed by atoms with E-state index in [2.05, 4.69) is 71.9 Å². The summed E-state index contributed by atoms with van der Waals surface area (Å²) in [5, 5.41) is 1.05. The Labute approximate surface area is 187 Å². The van der Waals surface area contributed by atoms with E-state index in [1.807, 2.05) is 11.0 Å². The summed E-state index contributed by atoms with van der Waals surface area (Å²) >= 11 is 1.52. The van der Waals surface area contributed by atoms with Crippen LogP contribution in [-0.2, 0) is 6.42 Å². The monoisotopic (exact) mass is 429 g/mol. The lowest BCUT2D eigenvalue weighted by Gasteiger charge is -2.32. The largest absolute Gasteiger partial charge is 0.338 e. The average molecular weight is 430 g/mol. The summed E-state index contributed by atoms with van der Waals surface area (Å²) in [5.41, 5.74) is 4.65. The molecule has 1 aliphatic rings. The SMILES string of the molecule is Cc1ccc(C)n1-c1c(C(=O)N2CCC(Cc3ccccc3)CC2)sc2ncccc12. The minimum Gasteiger partial charge on any atom is -0.338 e. The maximum atomic E-state index is 13.7. The number of thiophene rings is 1. The third-order valence-electron chi connectivity index (χ3n) is 6.40. The van der Waals surface area contributed by atoms with Crippen molar-refractivity contribution in [2.45, 2.75) is 33.1 Å². The molecule has 0 radical (unpaired) electrons. The Morgan fingerprint density at radius 2 is 1.71 bits per heavy atom. The Kier molecular flexibility index (Phi) is 5.36. The summed E-state index contributed by atoms with van der Waals surface area (Å²) in [6, 6.07) is 18.9. The Morgan fingerprint density at radius 3 is 2.42 bits per heavy atom. The van der Waals surface area contributed by atoms with Crippen molar-refractivity contribution >= 4 is 27.5 Å². The zero-order valence-electron chi connectivity index (χ0n) is 18.0. The first kappa shape index (κ1) is 20.0. The van der Waals surface area contributed by atoms with Gasteiger partial charge in [0.1, 0.15) is 9.71 Å². The third-order valence-corrected chi connectivity index (χ3v) is 7.49. The van der Waals surface area contributed by atoms with E-state index in [9.17, 15) is 4.79 Å². The molecule has 5 heteroatoms. The summed E-state index contributed by atoms with van der Waals surface area (Å²) < 4.78 is 2.20. The van der Waals surface area contributed by atoms with Gasteiger partial charge in [-0.3, -0.25) is 4.79 Å². The lowest BCUT2D eigenvalue weighted by Crippen LogP contribution is -2.39. The molecule has 4 nitrogen and oxygen atoms in total. The van der Waals surface area contributed by atoms with Crippen molar-refractivity contribution in [2.75, 3.05) is 13.1 Å². The number of pyridine rings is 1. The first-order chi connectivity index (χ1) is 15.1. The number of aryl methyl sites for hydroxylation is 2.